The number of nitrogens with one attached hydrogen (secondary N) is 1. The van der Waals surface area contributed by atoms with Crippen LogP contribution >= 0.6 is 11.6 Å². The third-order valence-corrected chi connectivity index (χ3v) is 5.97. The third kappa shape index (κ3) is 3.69. The van der Waals surface area contributed by atoms with Gasteiger partial charge in [0.15, 0.2) is 0 Å². The summed E-state index contributed by atoms with van der Waals surface area (Å²) in [4.78, 5) is 30.0. The van der Waals surface area contributed by atoms with E-state index in [-0.39, 0.29) is 23.0 Å². The van der Waals surface area contributed by atoms with Gasteiger partial charge in [0.05, 0.1) is 16.3 Å². The molecule has 2 amide bonds. The minimum atomic E-state index is -0.592. The van der Waals surface area contributed by atoms with Crippen LogP contribution in [-0.4, -0.2) is 36.0 Å². The van der Waals surface area contributed by atoms with Gasteiger partial charge in [0.2, 0.25) is 0 Å². The number of rotatable bonds is 3. The number of carbonyl (C=O) groups is 2. The monoisotopic (exact) mass is 415 g/mol. The third-order valence-electron chi connectivity index (χ3n) is 5.66. The largest absolute Gasteiger partial charge is 0.351 e. The van der Waals surface area contributed by atoms with Gasteiger partial charge in [0.25, 0.3) is 11.8 Å². The molecule has 2 heterocycles. The lowest BCUT2D eigenvalue weighted by Gasteiger charge is -2.44. The minimum Gasteiger partial charge on any atom is -0.351 e. The molecule has 0 radical (unpaired) electrons. The summed E-state index contributed by atoms with van der Waals surface area (Å²) in [5.74, 6) is -0.921. The van der Waals surface area contributed by atoms with E-state index in [0.717, 1.165) is 44.5 Å². The molecule has 152 valence electrons. The quantitative estimate of drug-likeness (QED) is 0.774. The normalized spacial score (nSPS) is 18.7. The first-order chi connectivity index (χ1) is 14.0. The highest BCUT2D eigenvalue weighted by Gasteiger charge is 2.37. The number of fused-ring (bicyclic) bond motifs is 2. The lowest BCUT2D eigenvalue weighted by atomic mass is 10.0. The van der Waals surface area contributed by atoms with Gasteiger partial charge >= 0.3 is 0 Å². The second-order valence-corrected chi connectivity index (χ2v) is 7.84. The van der Waals surface area contributed by atoms with Crippen LogP contribution in [0.4, 0.5) is 15.8 Å². The predicted molar refractivity (Wildman–Crippen MR) is 112 cm³/mol. The molecule has 0 aromatic heterocycles. The van der Waals surface area contributed by atoms with Gasteiger partial charge < -0.3 is 15.1 Å². The van der Waals surface area contributed by atoms with Crippen molar-refractivity contribution in [3.05, 3.63) is 58.4 Å². The summed E-state index contributed by atoms with van der Waals surface area (Å²) in [5.41, 5.74) is 2.16. The van der Waals surface area contributed by atoms with Gasteiger partial charge in [-0.2, -0.15) is 0 Å². The maximum Gasteiger partial charge on any atom is 0.257 e. The lowest BCUT2D eigenvalue weighted by Crippen LogP contribution is -2.55. The van der Waals surface area contributed by atoms with E-state index in [1.807, 2.05) is 4.90 Å². The Labute approximate surface area is 174 Å². The number of amides is 2. The van der Waals surface area contributed by atoms with Crippen LogP contribution in [-0.2, 0) is 0 Å². The molecule has 0 spiro atoms. The van der Waals surface area contributed by atoms with Crippen LogP contribution in [0.5, 0.6) is 0 Å². The Bertz CT molecular complexity index is 965. The highest BCUT2D eigenvalue weighted by Crippen LogP contribution is 2.35. The molecule has 29 heavy (non-hydrogen) atoms. The van der Waals surface area contributed by atoms with Gasteiger partial charge in [-0.1, -0.05) is 18.0 Å². The van der Waals surface area contributed by atoms with Crippen LogP contribution in [0.3, 0.4) is 0 Å². The second-order valence-electron chi connectivity index (χ2n) is 7.43. The first-order valence-electron chi connectivity index (χ1n) is 9.97. The highest BCUT2D eigenvalue weighted by molar-refractivity contribution is 6.30. The molecule has 0 unspecified atom stereocenters. The van der Waals surface area contributed by atoms with Crippen molar-refractivity contribution in [1.82, 2.24) is 4.90 Å². The number of anilines is 2. The van der Waals surface area contributed by atoms with Crippen molar-refractivity contribution >= 4 is 34.8 Å². The van der Waals surface area contributed by atoms with E-state index < -0.39 is 5.82 Å². The summed E-state index contributed by atoms with van der Waals surface area (Å²) >= 11 is 5.70. The summed E-state index contributed by atoms with van der Waals surface area (Å²) in [6, 6.07) is 9.26. The zero-order chi connectivity index (χ0) is 20.5. The van der Waals surface area contributed by atoms with Crippen LogP contribution in [0.25, 0.3) is 0 Å². The molecular weight excluding hydrogens is 393 g/mol. The van der Waals surface area contributed by atoms with Gasteiger partial charge in [0, 0.05) is 24.3 Å². The van der Waals surface area contributed by atoms with Crippen molar-refractivity contribution in [2.45, 2.75) is 38.8 Å². The Balaban J connectivity index is 1.65. The molecule has 5 nitrogen and oxygen atoms in total. The number of hydrogen-bond donors (Lipinski definition) is 1. The van der Waals surface area contributed by atoms with E-state index in [4.69, 9.17) is 11.6 Å². The fourth-order valence-electron chi connectivity index (χ4n) is 4.22. The first-order valence-corrected chi connectivity index (χ1v) is 10.4. The molecule has 2 aromatic rings. The Morgan fingerprint density at radius 3 is 2.79 bits per heavy atom. The van der Waals surface area contributed by atoms with Crippen molar-refractivity contribution < 1.29 is 14.0 Å². The van der Waals surface area contributed by atoms with Crippen molar-refractivity contribution in [2.24, 2.45) is 0 Å². The van der Waals surface area contributed by atoms with Crippen LogP contribution in [0.1, 0.15) is 53.3 Å². The standard InChI is InChI=1S/C22H23ClFN3O2/c1-2-26-19-12-14(21(28)25-15-8-10-17(23)18(24)13-15)7-9-16(19)22(29)27-11-5-3-4-6-20(26)27/h7-10,12-13,20H,2-6,11H2,1H3,(H,25,28)/t20-/m0/s1. The van der Waals surface area contributed by atoms with Crippen molar-refractivity contribution in [3.8, 4) is 0 Å². The Kier molecular flexibility index (Phi) is 5.46. The summed E-state index contributed by atoms with van der Waals surface area (Å²) in [7, 11) is 0. The highest BCUT2D eigenvalue weighted by atomic mass is 35.5. The summed E-state index contributed by atoms with van der Waals surface area (Å²) in [5, 5.41) is 2.69. The van der Waals surface area contributed by atoms with E-state index in [2.05, 4.69) is 17.1 Å². The average molecular weight is 416 g/mol. The molecule has 0 aliphatic carbocycles. The van der Waals surface area contributed by atoms with Crippen molar-refractivity contribution in [1.29, 1.82) is 0 Å². The summed E-state index contributed by atoms with van der Waals surface area (Å²) < 4.78 is 13.7. The van der Waals surface area contributed by atoms with E-state index in [1.165, 1.54) is 12.1 Å². The van der Waals surface area contributed by atoms with E-state index in [0.29, 0.717) is 16.8 Å². The molecule has 2 aliphatic rings. The molecule has 1 atom stereocenters. The Hall–Kier alpha value is -2.60. The van der Waals surface area contributed by atoms with Gasteiger partial charge in [-0.3, -0.25) is 9.59 Å². The van der Waals surface area contributed by atoms with Crippen LogP contribution in [0.15, 0.2) is 36.4 Å². The molecule has 0 bridgehead atoms. The molecule has 4 rings (SSSR count). The fourth-order valence-corrected chi connectivity index (χ4v) is 4.33. The second kappa shape index (κ2) is 8.03. The van der Waals surface area contributed by atoms with Crippen molar-refractivity contribution in [3.63, 3.8) is 0 Å². The lowest BCUT2D eigenvalue weighted by molar-refractivity contribution is 0.0656. The van der Waals surface area contributed by atoms with Crippen molar-refractivity contribution in [2.75, 3.05) is 23.3 Å². The fraction of sp³-hybridized carbons (Fsp3) is 0.364. The first kappa shape index (κ1) is 19.7. The molecular formula is C22H23ClFN3O2. The maximum atomic E-state index is 13.7. The summed E-state index contributed by atoms with van der Waals surface area (Å²) in [6.45, 7) is 3.57. The topological polar surface area (TPSA) is 52.7 Å². The smallest absolute Gasteiger partial charge is 0.257 e. The molecule has 2 aromatic carbocycles. The average Bonchev–Trinajstić information content (AvgIpc) is 2.97. The van der Waals surface area contributed by atoms with Gasteiger partial charge in [0.1, 0.15) is 12.0 Å². The number of carbonyl (C=O) groups excluding carboxylic acids is 2. The number of benzene rings is 2. The SMILES string of the molecule is CCN1c2cc(C(=O)Nc3ccc(Cl)c(F)c3)ccc2C(=O)N2CCCCC[C@H]21. The number of halogens is 2. The predicted octanol–water partition coefficient (Wildman–Crippen LogP) is 4.91. The van der Waals surface area contributed by atoms with Gasteiger partial charge in [-0.05, 0) is 62.6 Å². The Morgan fingerprint density at radius 2 is 2.03 bits per heavy atom. The van der Waals surface area contributed by atoms with E-state index in [9.17, 15) is 14.0 Å². The Morgan fingerprint density at radius 1 is 1.21 bits per heavy atom. The number of nitrogens with zero attached hydrogens (tertiary/aromatic N) is 2. The van der Waals surface area contributed by atoms with Gasteiger partial charge in [-0.25, -0.2) is 4.39 Å². The molecule has 2 aliphatic heterocycles. The molecule has 1 N–H and O–H groups in total. The zero-order valence-electron chi connectivity index (χ0n) is 16.3. The van der Waals surface area contributed by atoms with Crippen LogP contribution in [0.2, 0.25) is 5.02 Å². The van der Waals surface area contributed by atoms with Crippen LogP contribution in [0, 0.1) is 5.82 Å². The molecule has 1 fully saturated rings. The van der Waals surface area contributed by atoms with E-state index in [1.54, 1.807) is 24.3 Å². The molecule has 1 saturated heterocycles. The van der Waals surface area contributed by atoms with Gasteiger partial charge in [-0.15, -0.1) is 0 Å². The van der Waals surface area contributed by atoms with E-state index >= 15 is 0 Å². The molecule has 0 saturated carbocycles. The summed E-state index contributed by atoms with van der Waals surface area (Å²) in [6.07, 6.45) is 4.20. The number of hydrogen-bond acceptors (Lipinski definition) is 3. The van der Waals surface area contributed by atoms with Crippen LogP contribution < -0.4 is 10.2 Å². The minimum absolute atomic E-state index is 0.00170. The molecule has 7 heteroatoms. The maximum absolute atomic E-state index is 13.7. The zero-order valence-corrected chi connectivity index (χ0v) is 17.0.